The van der Waals surface area contributed by atoms with E-state index in [9.17, 15) is 4.79 Å². The van der Waals surface area contributed by atoms with Crippen LogP contribution in [0.15, 0.2) is 0 Å². The smallest absolute Gasteiger partial charge is 0.303 e. The van der Waals surface area contributed by atoms with Gasteiger partial charge in [-0.05, 0) is 22.8 Å². The van der Waals surface area contributed by atoms with E-state index in [0.717, 1.165) is 18.9 Å². The number of carboxylic acid groups (broad SMARTS) is 1. The van der Waals surface area contributed by atoms with Gasteiger partial charge in [0.2, 0.25) is 0 Å². The lowest BCUT2D eigenvalue weighted by atomic mass is 10.1. The van der Waals surface area contributed by atoms with Gasteiger partial charge < -0.3 is 9.84 Å². The predicted octanol–water partition coefficient (Wildman–Crippen LogP) is 0.288. The van der Waals surface area contributed by atoms with Crippen LogP contribution in [0.3, 0.4) is 0 Å². The normalized spacial score (nSPS) is 21.6. The van der Waals surface area contributed by atoms with Gasteiger partial charge in [-0.3, -0.25) is 4.79 Å². The molecular formula is C10H16N4O3. The fraction of sp³-hybridized carbons (Fsp3) is 0.800. The third-order valence-electron chi connectivity index (χ3n) is 2.86. The third-order valence-corrected chi connectivity index (χ3v) is 2.86. The molecule has 1 saturated heterocycles. The molecule has 7 nitrogen and oxygen atoms in total. The van der Waals surface area contributed by atoms with Crippen molar-refractivity contribution in [3.05, 3.63) is 5.82 Å². The van der Waals surface area contributed by atoms with E-state index in [1.807, 2.05) is 6.92 Å². The van der Waals surface area contributed by atoms with Crippen LogP contribution in [0.5, 0.6) is 0 Å². The number of hydrogen-bond donors (Lipinski definition) is 1. The highest BCUT2D eigenvalue weighted by Gasteiger charge is 2.24. The second-order valence-corrected chi connectivity index (χ2v) is 4.48. The first kappa shape index (κ1) is 12.0. The largest absolute Gasteiger partial charge is 0.481 e. The highest BCUT2D eigenvalue weighted by Crippen LogP contribution is 2.23. The van der Waals surface area contributed by atoms with Crippen LogP contribution in [0.25, 0.3) is 0 Å². The average Bonchev–Trinajstić information content (AvgIpc) is 2.84. The van der Waals surface area contributed by atoms with Gasteiger partial charge in [-0.2, -0.15) is 0 Å². The summed E-state index contributed by atoms with van der Waals surface area (Å²) >= 11 is 0. The molecule has 2 rings (SSSR count). The van der Waals surface area contributed by atoms with Crippen molar-refractivity contribution in [2.24, 2.45) is 5.92 Å². The molecule has 1 aliphatic rings. The third kappa shape index (κ3) is 3.00. The van der Waals surface area contributed by atoms with E-state index >= 15 is 0 Å². The maximum Gasteiger partial charge on any atom is 0.303 e. The zero-order chi connectivity index (χ0) is 12.3. The summed E-state index contributed by atoms with van der Waals surface area (Å²) in [6.07, 6.45) is 1.05. The number of hydrogen-bond acceptors (Lipinski definition) is 5. The van der Waals surface area contributed by atoms with E-state index < -0.39 is 5.97 Å². The van der Waals surface area contributed by atoms with Crippen molar-refractivity contribution in [3.63, 3.8) is 0 Å². The quantitative estimate of drug-likeness (QED) is 0.795. The fourth-order valence-corrected chi connectivity index (χ4v) is 2.03. The molecule has 94 valence electrons. The van der Waals surface area contributed by atoms with Crippen molar-refractivity contribution < 1.29 is 14.6 Å². The first-order valence-electron chi connectivity index (χ1n) is 5.72. The van der Waals surface area contributed by atoms with Crippen molar-refractivity contribution in [2.45, 2.75) is 32.2 Å². The molecule has 7 heteroatoms. The standard InChI is InChI=1S/C10H16N4O3/c1-7(4-9(15)16)5-14-10(11-12-13-14)8-2-3-17-6-8/h7-8H,2-6H2,1H3,(H,15,16). The molecule has 1 N–H and O–H groups in total. The van der Waals surface area contributed by atoms with Crippen LogP contribution < -0.4 is 0 Å². The minimum atomic E-state index is -0.795. The SMILES string of the molecule is CC(CC(=O)O)Cn1nnnc1C1CCOC1. The Morgan fingerprint density at radius 1 is 1.71 bits per heavy atom. The molecule has 1 aromatic heterocycles. The van der Waals surface area contributed by atoms with Gasteiger partial charge in [0.1, 0.15) is 0 Å². The highest BCUT2D eigenvalue weighted by atomic mass is 16.5. The lowest BCUT2D eigenvalue weighted by molar-refractivity contribution is -0.138. The molecular weight excluding hydrogens is 224 g/mol. The van der Waals surface area contributed by atoms with Crippen molar-refractivity contribution in [2.75, 3.05) is 13.2 Å². The van der Waals surface area contributed by atoms with Crippen LogP contribution >= 0.6 is 0 Å². The monoisotopic (exact) mass is 240 g/mol. The van der Waals surface area contributed by atoms with Gasteiger partial charge in [0.15, 0.2) is 5.82 Å². The number of rotatable bonds is 5. The maximum absolute atomic E-state index is 10.6. The summed E-state index contributed by atoms with van der Waals surface area (Å²) < 4.78 is 7.00. The zero-order valence-corrected chi connectivity index (χ0v) is 9.74. The fourth-order valence-electron chi connectivity index (χ4n) is 2.03. The van der Waals surface area contributed by atoms with Gasteiger partial charge in [-0.1, -0.05) is 6.92 Å². The van der Waals surface area contributed by atoms with Gasteiger partial charge in [0.05, 0.1) is 6.61 Å². The maximum atomic E-state index is 10.6. The molecule has 0 amide bonds. The Bertz CT molecular complexity index is 387. The van der Waals surface area contributed by atoms with E-state index in [0.29, 0.717) is 13.2 Å². The molecule has 0 saturated carbocycles. The van der Waals surface area contributed by atoms with Crippen LogP contribution in [0.4, 0.5) is 0 Å². The van der Waals surface area contributed by atoms with Gasteiger partial charge in [-0.25, -0.2) is 4.68 Å². The first-order chi connectivity index (χ1) is 8.16. The topological polar surface area (TPSA) is 90.1 Å². The Morgan fingerprint density at radius 3 is 3.18 bits per heavy atom. The Morgan fingerprint density at radius 2 is 2.53 bits per heavy atom. The molecule has 17 heavy (non-hydrogen) atoms. The van der Waals surface area contributed by atoms with Gasteiger partial charge in [0, 0.05) is 25.5 Å². The van der Waals surface area contributed by atoms with E-state index in [2.05, 4.69) is 15.5 Å². The van der Waals surface area contributed by atoms with Crippen molar-refractivity contribution in [1.82, 2.24) is 20.2 Å². The summed E-state index contributed by atoms with van der Waals surface area (Å²) in [5, 5.41) is 20.3. The molecule has 2 heterocycles. The molecule has 2 atom stereocenters. The second kappa shape index (κ2) is 5.22. The van der Waals surface area contributed by atoms with Gasteiger partial charge in [-0.15, -0.1) is 5.10 Å². The van der Waals surface area contributed by atoms with Crippen molar-refractivity contribution in [3.8, 4) is 0 Å². The van der Waals surface area contributed by atoms with E-state index in [-0.39, 0.29) is 18.3 Å². The minimum absolute atomic E-state index is 0.0112. The number of aromatic nitrogens is 4. The number of tetrazole rings is 1. The van der Waals surface area contributed by atoms with Crippen LogP contribution in [0.1, 0.15) is 31.5 Å². The van der Waals surface area contributed by atoms with Crippen molar-refractivity contribution >= 4 is 5.97 Å². The molecule has 0 spiro atoms. The Kier molecular flexibility index (Phi) is 3.68. The number of carbonyl (C=O) groups is 1. The first-order valence-corrected chi connectivity index (χ1v) is 5.72. The predicted molar refractivity (Wildman–Crippen MR) is 57.4 cm³/mol. The van der Waals surface area contributed by atoms with Crippen LogP contribution in [-0.4, -0.2) is 44.5 Å². The van der Waals surface area contributed by atoms with E-state index in [4.69, 9.17) is 9.84 Å². The van der Waals surface area contributed by atoms with Gasteiger partial charge in [0.25, 0.3) is 0 Å². The summed E-state index contributed by atoms with van der Waals surface area (Å²) in [4.78, 5) is 10.6. The van der Waals surface area contributed by atoms with Crippen LogP contribution in [-0.2, 0) is 16.1 Å². The summed E-state index contributed by atoms with van der Waals surface area (Å²) in [7, 11) is 0. The summed E-state index contributed by atoms with van der Waals surface area (Å²) in [5.74, 6) is 0.259. The second-order valence-electron chi connectivity index (χ2n) is 4.48. The molecule has 0 radical (unpaired) electrons. The van der Waals surface area contributed by atoms with Crippen molar-refractivity contribution in [1.29, 1.82) is 0 Å². The zero-order valence-electron chi connectivity index (χ0n) is 9.74. The van der Waals surface area contributed by atoms with E-state index in [1.165, 1.54) is 0 Å². The molecule has 1 fully saturated rings. The lowest BCUT2D eigenvalue weighted by Gasteiger charge is -2.12. The van der Waals surface area contributed by atoms with Crippen LogP contribution in [0, 0.1) is 5.92 Å². The highest BCUT2D eigenvalue weighted by molar-refractivity contribution is 5.66. The number of ether oxygens (including phenoxy) is 1. The molecule has 0 aliphatic carbocycles. The molecule has 1 aliphatic heterocycles. The summed E-state index contributed by atoms with van der Waals surface area (Å²) in [5.41, 5.74) is 0. The molecule has 0 bridgehead atoms. The Balaban J connectivity index is 2.00. The van der Waals surface area contributed by atoms with E-state index in [1.54, 1.807) is 4.68 Å². The number of nitrogens with zero attached hydrogens (tertiary/aromatic N) is 4. The van der Waals surface area contributed by atoms with Gasteiger partial charge >= 0.3 is 5.97 Å². The average molecular weight is 240 g/mol. The number of aliphatic carboxylic acids is 1. The minimum Gasteiger partial charge on any atom is -0.481 e. The van der Waals surface area contributed by atoms with Crippen LogP contribution in [0.2, 0.25) is 0 Å². The Hall–Kier alpha value is -1.50. The number of carboxylic acids is 1. The molecule has 0 aromatic carbocycles. The summed E-state index contributed by atoms with van der Waals surface area (Å²) in [6.45, 7) is 3.80. The lowest BCUT2D eigenvalue weighted by Crippen LogP contribution is -2.17. The molecule has 1 aromatic rings. The summed E-state index contributed by atoms with van der Waals surface area (Å²) in [6, 6.07) is 0. The Labute approximate surface area is 98.8 Å². The molecule has 2 unspecified atom stereocenters.